The molecule has 0 fully saturated rings. The molecule has 0 aliphatic carbocycles. The molecule has 3 nitrogen and oxygen atoms in total. The Morgan fingerprint density at radius 2 is 2.20 bits per heavy atom. The zero-order valence-electron chi connectivity index (χ0n) is 10.9. The van der Waals surface area contributed by atoms with Crippen molar-refractivity contribution in [3.8, 4) is 0 Å². The molecule has 3 rings (SSSR count). The SMILES string of the molecule is Cc1cc(Cl)c(C(=O)N2CCc3ccc(F)cc32)cn1. The van der Waals surface area contributed by atoms with Gasteiger partial charge in [0, 0.05) is 18.4 Å². The molecular weight excluding hydrogens is 279 g/mol. The fraction of sp³-hybridized carbons (Fsp3) is 0.200. The van der Waals surface area contributed by atoms with E-state index in [1.807, 2.05) is 0 Å². The van der Waals surface area contributed by atoms with Crippen LogP contribution in [0.15, 0.2) is 30.5 Å². The van der Waals surface area contributed by atoms with Crippen molar-refractivity contribution in [3.05, 3.63) is 58.1 Å². The lowest BCUT2D eigenvalue weighted by molar-refractivity contribution is 0.0989. The van der Waals surface area contributed by atoms with Crippen molar-refractivity contribution in [2.24, 2.45) is 0 Å². The molecule has 1 aliphatic heterocycles. The van der Waals surface area contributed by atoms with Gasteiger partial charge in [-0.05, 0) is 37.1 Å². The highest BCUT2D eigenvalue weighted by Gasteiger charge is 2.27. The molecule has 20 heavy (non-hydrogen) atoms. The van der Waals surface area contributed by atoms with Gasteiger partial charge in [-0.15, -0.1) is 0 Å². The van der Waals surface area contributed by atoms with Gasteiger partial charge >= 0.3 is 0 Å². The van der Waals surface area contributed by atoms with Gasteiger partial charge in [-0.3, -0.25) is 9.78 Å². The van der Waals surface area contributed by atoms with Crippen LogP contribution in [0.5, 0.6) is 0 Å². The minimum Gasteiger partial charge on any atom is -0.308 e. The quantitative estimate of drug-likeness (QED) is 0.806. The number of amides is 1. The van der Waals surface area contributed by atoms with E-state index in [0.29, 0.717) is 22.8 Å². The maximum absolute atomic E-state index is 13.4. The summed E-state index contributed by atoms with van der Waals surface area (Å²) >= 11 is 6.10. The Bertz CT molecular complexity index is 702. The lowest BCUT2D eigenvalue weighted by Gasteiger charge is -2.18. The first-order chi connectivity index (χ1) is 9.56. The molecule has 1 aliphatic rings. The Morgan fingerprint density at radius 3 is 2.95 bits per heavy atom. The van der Waals surface area contributed by atoms with E-state index in [1.54, 1.807) is 24.0 Å². The van der Waals surface area contributed by atoms with E-state index < -0.39 is 0 Å². The summed E-state index contributed by atoms with van der Waals surface area (Å²) in [6.45, 7) is 2.34. The van der Waals surface area contributed by atoms with Gasteiger partial charge in [0.15, 0.2) is 0 Å². The van der Waals surface area contributed by atoms with E-state index in [4.69, 9.17) is 11.6 Å². The van der Waals surface area contributed by atoms with Crippen LogP contribution in [-0.4, -0.2) is 17.4 Å². The average molecular weight is 291 g/mol. The number of nitrogens with zero attached hydrogens (tertiary/aromatic N) is 2. The normalized spacial score (nSPS) is 13.4. The highest BCUT2D eigenvalue weighted by molar-refractivity contribution is 6.34. The Labute approximate surface area is 121 Å². The molecule has 102 valence electrons. The third kappa shape index (κ3) is 2.16. The molecule has 1 aromatic heterocycles. The van der Waals surface area contributed by atoms with Crippen LogP contribution in [0.3, 0.4) is 0 Å². The number of benzene rings is 1. The van der Waals surface area contributed by atoms with Crippen molar-refractivity contribution in [2.75, 3.05) is 11.4 Å². The molecule has 2 heterocycles. The van der Waals surface area contributed by atoms with Crippen molar-refractivity contribution >= 4 is 23.2 Å². The van der Waals surface area contributed by atoms with Crippen LogP contribution in [-0.2, 0) is 6.42 Å². The largest absolute Gasteiger partial charge is 0.308 e. The Kier molecular flexibility index (Phi) is 3.18. The molecule has 0 bridgehead atoms. The van der Waals surface area contributed by atoms with Gasteiger partial charge in [0.05, 0.1) is 16.3 Å². The van der Waals surface area contributed by atoms with E-state index in [1.165, 1.54) is 18.3 Å². The maximum Gasteiger partial charge on any atom is 0.261 e. The van der Waals surface area contributed by atoms with Crippen molar-refractivity contribution in [1.29, 1.82) is 0 Å². The van der Waals surface area contributed by atoms with E-state index in [2.05, 4.69) is 4.98 Å². The number of anilines is 1. The zero-order valence-corrected chi connectivity index (χ0v) is 11.6. The summed E-state index contributed by atoms with van der Waals surface area (Å²) in [5, 5.41) is 0.368. The predicted octanol–water partition coefficient (Wildman–Crippen LogP) is 3.39. The Morgan fingerprint density at radius 1 is 1.40 bits per heavy atom. The molecule has 0 unspecified atom stereocenters. The number of carbonyl (C=O) groups is 1. The summed E-state index contributed by atoms with van der Waals surface area (Å²) in [6.07, 6.45) is 2.19. The molecule has 0 radical (unpaired) electrons. The van der Waals surface area contributed by atoms with Crippen LogP contribution < -0.4 is 4.90 Å². The molecule has 0 saturated carbocycles. The fourth-order valence-corrected chi connectivity index (χ4v) is 2.68. The number of fused-ring (bicyclic) bond motifs is 1. The van der Waals surface area contributed by atoms with Gasteiger partial charge in [0.25, 0.3) is 5.91 Å². The monoisotopic (exact) mass is 290 g/mol. The fourth-order valence-electron chi connectivity index (χ4n) is 2.39. The minimum absolute atomic E-state index is 0.244. The number of aromatic nitrogens is 1. The number of carbonyl (C=O) groups excluding carboxylic acids is 1. The van der Waals surface area contributed by atoms with Crippen LogP contribution in [0.4, 0.5) is 10.1 Å². The van der Waals surface area contributed by atoms with Crippen LogP contribution in [0.25, 0.3) is 0 Å². The lowest BCUT2D eigenvalue weighted by atomic mass is 10.1. The van der Waals surface area contributed by atoms with Crippen molar-refractivity contribution in [3.63, 3.8) is 0 Å². The third-order valence-electron chi connectivity index (χ3n) is 3.41. The Hall–Kier alpha value is -1.94. The van der Waals surface area contributed by atoms with Gasteiger partial charge in [-0.25, -0.2) is 4.39 Å². The molecule has 0 saturated heterocycles. The number of hydrogen-bond donors (Lipinski definition) is 0. The average Bonchev–Trinajstić information content (AvgIpc) is 2.81. The molecule has 0 spiro atoms. The first-order valence-corrected chi connectivity index (χ1v) is 6.66. The summed E-state index contributed by atoms with van der Waals surface area (Å²) in [6, 6.07) is 6.16. The third-order valence-corrected chi connectivity index (χ3v) is 3.72. The molecule has 0 N–H and O–H groups in total. The van der Waals surface area contributed by atoms with Crippen LogP contribution in [0, 0.1) is 12.7 Å². The van der Waals surface area contributed by atoms with E-state index in [0.717, 1.165) is 17.7 Å². The summed E-state index contributed by atoms with van der Waals surface area (Å²) < 4.78 is 13.4. The van der Waals surface area contributed by atoms with Gasteiger partial charge in [-0.1, -0.05) is 17.7 Å². The van der Waals surface area contributed by atoms with E-state index in [-0.39, 0.29) is 11.7 Å². The second kappa shape index (κ2) is 4.87. The number of hydrogen-bond acceptors (Lipinski definition) is 2. The molecule has 0 atom stereocenters. The second-order valence-electron chi connectivity index (χ2n) is 4.79. The van der Waals surface area contributed by atoms with E-state index in [9.17, 15) is 9.18 Å². The number of pyridine rings is 1. The van der Waals surface area contributed by atoms with Gasteiger partial charge in [0.2, 0.25) is 0 Å². The van der Waals surface area contributed by atoms with Crippen molar-refractivity contribution < 1.29 is 9.18 Å². The van der Waals surface area contributed by atoms with Gasteiger partial charge < -0.3 is 4.90 Å². The topological polar surface area (TPSA) is 33.2 Å². The van der Waals surface area contributed by atoms with Crippen LogP contribution in [0.1, 0.15) is 21.6 Å². The van der Waals surface area contributed by atoms with Gasteiger partial charge in [-0.2, -0.15) is 0 Å². The smallest absolute Gasteiger partial charge is 0.261 e. The minimum atomic E-state index is -0.350. The predicted molar refractivity (Wildman–Crippen MR) is 75.8 cm³/mol. The standard InChI is InChI=1S/C15H12ClFN2O/c1-9-6-13(16)12(8-18-9)15(20)19-5-4-10-2-3-11(17)7-14(10)19/h2-3,6-8H,4-5H2,1H3. The summed E-state index contributed by atoms with van der Waals surface area (Å²) in [4.78, 5) is 18.2. The molecule has 1 aromatic carbocycles. The van der Waals surface area contributed by atoms with Gasteiger partial charge in [0.1, 0.15) is 5.82 Å². The highest BCUT2D eigenvalue weighted by Crippen LogP contribution is 2.31. The number of halogens is 2. The number of rotatable bonds is 1. The number of aryl methyl sites for hydroxylation is 1. The van der Waals surface area contributed by atoms with Crippen molar-refractivity contribution in [1.82, 2.24) is 4.98 Å². The lowest BCUT2D eigenvalue weighted by Crippen LogP contribution is -2.29. The molecule has 5 heteroatoms. The zero-order chi connectivity index (χ0) is 14.3. The van der Waals surface area contributed by atoms with Crippen molar-refractivity contribution in [2.45, 2.75) is 13.3 Å². The maximum atomic E-state index is 13.4. The summed E-state index contributed by atoms with van der Waals surface area (Å²) in [7, 11) is 0. The van der Waals surface area contributed by atoms with E-state index >= 15 is 0 Å². The van der Waals surface area contributed by atoms with Crippen LogP contribution >= 0.6 is 11.6 Å². The first-order valence-electron chi connectivity index (χ1n) is 6.28. The Balaban J connectivity index is 1.99. The first kappa shape index (κ1) is 13.1. The second-order valence-corrected chi connectivity index (χ2v) is 5.19. The molecule has 2 aromatic rings. The summed E-state index contributed by atoms with van der Waals surface area (Å²) in [5.74, 6) is -0.594. The summed E-state index contributed by atoms with van der Waals surface area (Å²) in [5.41, 5.74) is 2.68. The van der Waals surface area contributed by atoms with Crippen LogP contribution in [0.2, 0.25) is 5.02 Å². The molecule has 1 amide bonds. The molecular formula is C15H12ClFN2O. The highest BCUT2D eigenvalue weighted by atomic mass is 35.5.